The molecule has 0 spiro atoms. The van der Waals surface area contributed by atoms with Crippen molar-refractivity contribution in [3.8, 4) is 17.0 Å². The quantitative estimate of drug-likeness (QED) is 0.124. The molecule has 0 atom stereocenters. The summed E-state index contributed by atoms with van der Waals surface area (Å²) in [6, 6.07) is 18.6. The minimum Gasteiger partial charge on any atom is -0.489 e. The van der Waals surface area contributed by atoms with E-state index in [9.17, 15) is 9.59 Å². The fourth-order valence-corrected chi connectivity index (χ4v) is 5.17. The summed E-state index contributed by atoms with van der Waals surface area (Å²) < 4.78 is 6.31. The molecule has 5 aromatic rings. The summed E-state index contributed by atoms with van der Waals surface area (Å²) in [4.78, 5) is 33.6. The van der Waals surface area contributed by atoms with Gasteiger partial charge in [-0.1, -0.05) is 37.1 Å². The van der Waals surface area contributed by atoms with Crippen LogP contribution in [0, 0.1) is 6.92 Å². The van der Waals surface area contributed by atoms with Crippen LogP contribution < -0.4 is 10.5 Å². The Kier molecular flexibility index (Phi) is 8.06. The van der Waals surface area contributed by atoms with E-state index in [0.717, 1.165) is 99.7 Å². The Labute approximate surface area is 227 Å². The van der Waals surface area contributed by atoms with Crippen molar-refractivity contribution in [2.75, 3.05) is 0 Å². The van der Waals surface area contributed by atoms with E-state index in [1.807, 2.05) is 43.5 Å². The first kappa shape index (κ1) is 26.2. The van der Waals surface area contributed by atoms with Crippen molar-refractivity contribution in [1.82, 2.24) is 15.0 Å². The number of primary amides is 1. The number of nitrogens with zero attached hydrogens (tertiary/aromatic N) is 1. The molecule has 0 radical (unpaired) electrons. The second-order valence-electron chi connectivity index (χ2n) is 10.1. The van der Waals surface area contributed by atoms with Gasteiger partial charge in [-0.3, -0.25) is 4.79 Å². The molecule has 0 bridgehead atoms. The Morgan fingerprint density at radius 2 is 1.79 bits per heavy atom. The molecule has 0 fully saturated rings. The van der Waals surface area contributed by atoms with E-state index in [-0.39, 0.29) is 12.3 Å². The fraction of sp³-hybridized carbons (Fsp3) is 0.281. The number of nitrogens with one attached hydrogen (secondary N) is 2. The van der Waals surface area contributed by atoms with Gasteiger partial charge in [0.1, 0.15) is 24.5 Å². The van der Waals surface area contributed by atoms with E-state index < -0.39 is 0 Å². The van der Waals surface area contributed by atoms with Crippen LogP contribution in [-0.2, 0) is 29.0 Å². The predicted molar refractivity (Wildman–Crippen MR) is 155 cm³/mol. The number of aromatic amines is 2. The molecule has 1 amide bonds. The standard InChI is InChI=1S/C32H34N4O3/c1-21-26(18-31(33)38)28-17-25(12-13-29(28)35-21)39-20-24-15-22-9-6-7-10-23(22)16-27(24)30-19-34-32(36-30)11-5-3-2-4-8-14-37/h6-7,9-10,12-17,19,35H,2-5,8,11,18,20H2,1H3,(H2,33,38)(H,34,36). The minimum atomic E-state index is -0.358. The van der Waals surface area contributed by atoms with Gasteiger partial charge in [0.15, 0.2) is 0 Å². The number of rotatable bonds is 13. The van der Waals surface area contributed by atoms with E-state index >= 15 is 0 Å². The van der Waals surface area contributed by atoms with Crippen molar-refractivity contribution in [3.63, 3.8) is 0 Å². The van der Waals surface area contributed by atoms with Crippen LogP contribution in [0.1, 0.15) is 54.7 Å². The van der Waals surface area contributed by atoms with Crippen molar-refractivity contribution in [2.24, 2.45) is 5.73 Å². The zero-order chi connectivity index (χ0) is 27.2. The Balaban J connectivity index is 1.37. The molecule has 39 heavy (non-hydrogen) atoms. The van der Waals surface area contributed by atoms with Crippen LogP contribution in [0.2, 0.25) is 0 Å². The van der Waals surface area contributed by atoms with Gasteiger partial charge in [0.2, 0.25) is 5.91 Å². The third-order valence-electron chi connectivity index (χ3n) is 7.21. The lowest BCUT2D eigenvalue weighted by Gasteiger charge is -2.13. The zero-order valence-electron chi connectivity index (χ0n) is 22.3. The monoisotopic (exact) mass is 522 g/mol. The number of H-pyrrole nitrogens is 2. The van der Waals surface area contributed by atoms with Gasteiger partial charge in [-0.2, -0.15) is 0 Å². The number of hydrogen-bond donors (Lipinski definition) is 3. The van der Waals surface area contributed by atoms with E-state index in [0.29, 0.717) is 13.0 Å². The summed E-state index contributed by atoms with van der Waals surface area (Å²) in [5.41, 5.74) is 11.4. The SMILES string of the molecule is Cc1[nH]c2ccc(OCc3cc4ccccc4cc3-c3cnc(CCCCCCC=O)[nH]3)cc2c1CC(N)=O. The van der Waals surface area contributed by atoms with Crippen LogP contribution in [0.4, 0.5) is 0 Å². The van der Waals surface area contributed by atoms with Gasteiger partial charge in [-0.15, -0.1) is 0 Å². The number of nitrogens with two attached hydrogens (primary N) is 1. The lowest BCUT2D eigenvalue weighted by Crippen LogP contribution is -2.14. The van der Waals surface area contributed by atoms with E-state index in [1.54, 1.807) is 0 Å². The number of amides is 1. The maximum atomic E-state index is 11.6. The van der Waals surface area contributed by atoms with Crippen LogP contribution in [0.25, 0.3) is 32.9 Å². The molecule has 3 aromatic carbocycles. The van der Waals surface area contributed by atoms with Gasteiger partial charge >= 0.3 is 0 Å². The van der Waals surface area contributed by atoms with Gasteiger partial charge in [0.05, 0.1) is 18.3 Å². The largest absolute Gasteiger partial charge is 0.489 e. The lowest BCUT2D eigenvalue weighted by molar-refractivity contribution is -0.117. The number of aryl methyl sites for hydroxylation is 2. The van der Waals surface area contributed by atoms with Crippen molar-refractivity contribution in [2.45, 2.75) is 58.5 Å². The number of benzene rings is 3. The summed E-state index contributed by atoms with van der Waals surface area (Å²) in [5.74, 6) is 1.34. The molecule has 0 saturated heterocycles. The third kappa shape index (κ3) is 6.20. The number of aldehydes is 1. The number of imidazole rings is 1. The molecule has 0 aliphatic rings. The van der Waals surface area contributed by atoms with Gasteiger partial charge in [-0.25, -0.2) is 4.98 Å². The number of carbonyl (C=O) groups is 2. The maximum Gasteiger partial charge on any atom is 0.221 e. The highest BCUT2D eigenvalue weighted by Gasteiger charge is 2.14. The summed E-state index contributed by atoms with van der Waals surface area (Å²) in [7, 11) is 0. The van der Waals surface area contributed by atoms with Crippen LogP contribution in [0.5, 0.6) is 5.75 Å². The first-order valence-electron chi connectivity index (χ1n) is 13.5. The molecule has 5 rings (SSSR count). The summed E-state index contributed by atoms with van der Waals surface area (Å²) in [5, 5.41) is 3.25. The predicted octanol–water partition coefficient (Wildman–Crippen LogP) is 6.32. The Morgan fingerprint density at radius 1 is 1.00 bits per heavy atom. The first-order chi connectivity index (χ1) is 19.0. The second kappa shape index (κ2) is 12.0. The summed E-state index contributed by atoms with van der Waals surface area (Å²) >= 11 is 0. The lowest BCUT2D eigenvalue weighted by atomic mass is 9.99. The third-order valence-corrected chi connectivity index (χ3v) is 7.21. The number of aromatic nitrogens is 3. The number of fused-ring (bicyclic) bond motifs is 2. The summed E-state index contributed by atoms with van der Waals surface area (Å²) in [6.07, 6.45) is 8.75. The van der Waals surface area contributed by atoms with Crippen LogP contribution >= 0.6 is 0 Å². The van der Waals surface area contributed by atoms with Gasteiger partial charge in [-0.05, 0) is 72.0 Å². The maximum absolute atomic E-state index is 11.6. The Morgan fingerprint density at radius 3 is 2.59 bits per heavy atom. The Bertz CT molecular complexity index is 1610. The van der Waals surface area contributed by atoms with Gasteiger partial charge < -0.3 is 25.2 Å². The molecule has 7 heteroatoms. The normalized spacial score (nSPS) is 11.3. The first-order valence-corrected chi connectivity index (χ1v) is 13.5. The van der Waals surface area contributed by atoms with E-state index in [1.165, 1.54) is 0 Å². The van der Waals surface area contributed by atoms with Crippen molar-refractivity contribution < 1.29 is 14.3 Å². The van der Waals surface area contributed by atoms with Crippen molar-refractivity contribution in [3.05, 3.63) is 83.4 Å². The molecule has 0 aliphatic heterocycles. The number of unbranched alkanes of at least 4 members (excludes halogenated alkanes) is 4. The molecular formula is C32H34N4O3. The Hall–Kier alpha value is -4.39. The molecule has 0 saturated carbocycles. The summed E-state index contributed by atoms with van der Waals surface area (Å²) in [6.45, 7) is 2.33. The van der Waals surface area contributed by atoms with Gasteiger partial charge in [0.25, 0.3) is 0 Å². The minimum absolute atomic E-state index is 0.186. The van der Waals surface area contributed by atoms with Crippen LogP contribution in [0.3, 0.4) is 0 Å². The van der Waals surface area contributed by atoms with Crippen molar-refractivity contribution >= 4 is 33.9 Å². The van der Waals surface area contributed by atoms with E-state index in [2.05, 4.69) is 39.2 Å². The number of hydrogen-bond acceptors (Lipinski definition) is 4. The number of ether oxygens (including phenoxy) is 1. The molecule has 7 nitrogen and oxygen atoms in total. The molecule has 4 N–H and O–H groups in total. The fourth-order valence-electron chi connectivity index (χ4n) is 5.17. The van der Waals surface area contributed by atoms with Crippen LogP contribution in [-0.4, -0.2) is 27.1 Å². The van der Waals surface area contributed by atoms with Gasteiger partial charge in [0, 0.05) is 35.0 Å². The van der Waals surface area contributed by atoms with Crippen molar-refractivity contribution in [1.29, 1.82) is 0 Å². The molecule has 0 aliphatic carbocycles. The second-order valence-corrected chi connectivity index (χ2v) is 10.1. The smallest absolute Gasteiger partial charge is 0.221 e. The average molecular weight is 523 g/mol. The molecular weight excluding hydrogens is 488 g/mol. The highest BCUT2D eigenvalue weighted by atomic mass is 16.5. The average Bonchev–Trinajstić information content (AvgIpc) is 3.52. The molecule has 0 unspecified atom stereocenters. The van der Waals surface area contributed by atoms with Crippen LogP contribution in [0.15, 0.2) is 60.8 Å². The van der Waals surface area contributed by atoms with E-state index in [4.69, 9.17) is 10.5 Å². The molecule has 2 heterocycles. The molecule has 200 valence electrons. The highest BCUT2D eigenvalue weighted by Crippen LogP contribution is 2.31. The topological polar surface area (TPSA) is 114 Å². The zero-order valence-corrected chi connectivity index (χ0v) is 22.3. The molecule has 2 aromatic heterocycles. The highest BCUT2D eigenvalue weighted by molar-refractivity contribution is 5.91. The number of carbonyl (C=O) groups excluding carboxylic acids is 2.